The number of aryl methyl sites for hydroxylation is 1. The first-order valence-corrected chi connectivity index (χ1v) is 13.7. The van der Waals surface area contributed by atoms with E-state index in [2.05, 4.69) is 0 Å². The molecule has 1 heterocycles. The third-order valence-corrected chi connectivity index (χ3v) is 6.97. The highest BCUT2D eigenvalue weighted by Gasteiger charge is 2.47. The molecule has 0 aromatic heterocycles. The fourth-order valence-electron chi connectivity index (χ4n) is 4.94. The molecule has 0 saturated carbocycles. The van der Waals surface area contributed by atoms with Crippen molar-refractivity contribution in [3.8, 4) is 5.75 Å². The number of Topliss-reactive ketones (excluding diaryl/α,β-unsaturated/α-hetero) is 1. The Morgan fingerprint density at radius 2 is 1.48 bits per heavy atom. The van der Waals surface area contributed by atoms with Crippen LogP contribution in [0.25, 0.3) is 5.76 Å². The predicted octanol–water partition coefficient (Wildman–Crippen LogP) is 6.77. The number of ether oxygens (including phenoxy) is 2. The number of ketones is 1. The van der Waals surface area contributed by atoms with Crippen molar-refractivity contribution < 1.29 is 29.0 Å². The fraction of sp³-hybridized carbons (Fsp3) is 0.171. The summed E-state index contributed by atoms with van der Waals surface area (Å²) in [5.41, 5.74) is 3.55. The Balaban J connectivity index is 1.51. The van der Waals surface area contributed by atoms with Crippen LogP contribution in [0.3, 0.4) is 0 Å². The molecule has 42 heavy (non-hydrogen) atoms. The Kier molecular flexibility index (Phi) is 8.20. The molecule has 4 aromatic rings. The summed E-state index contributed by atoms with van der Waals surface area (Å²) in [7, 11) is 0. The number of aliphatic hydroxyl groups is 1. The molecule has 7 nitrogen and oxygen atoms in total. The lowest BCUT2D eigenvalue weighted by atomic mass is 9.94. The van der Waals surface area contributed by atoms with Gasteiger partial charge in [-0.15, -0.1) is 0 Å². The normalized spacial score (nSPS) is 16.1. The lowest BCUT2D eigenvalue weighted by Crippen LogP contribution is -2.29. The van der Waals surface area contributed by atoms with Crippen LogP contribution in [-0.2, 0) is 20.9 Å². The van der Waals surface area contributed by atoms with Crippen LogP contribution in [0.1, 0.15) is 52.5 Å². The number of benzene rings is 4. The third kappa shape index (κ3) is 5.81. The van der Waals surface area contributed by atoms with Crippen molar-refractivity contribution in [3.05, 3.63) is 137 Å². The smallest absolute Gasteiger partial charge is 0.338 e. The zero-order valence-corrected chi connectivity index (χ0v) is 23.6. The first-order valence-electron chi connectivity index (χ1n) is 13.7. The number of nitrogens with zero attached hydrogens (tertiary/aromatic N) is 1. The van der Waals surface area contributed by atoms with E-state index in [1.54, 1.807) is 68.4 Å². The quantitative estimate of drug-likeness (QED) is 0.111. The first-order chi connectivity index (χ1) is 20.2. The third-order valence-electron chi connectivity index (χ3n) is 6.97. The molecule has 1 aliphatic heterocycles. The van der Waals surface area contributed by atoms with E-state index in [0.29, 0.717) is 34.7 Å². The molecule has 212 valence electrons. The van der Waals surface area contributed by atoms with E-state index in [9.17, 15) is 19.5 Å². The number of aliphatic hydroxyl groups excluding tert-OH is 1. The molecule has 0 bridgehead atoms. The summed E-state index contributed by atoms with van der Waals surface area (Å²) < 4.78 is 11.2. The largest absolute Gasteiger partial charge is 0.507 e. The topological polar surface area (TPSA) is 93.1 Å². The van der Waals surface area contributed by atoms with Crippen LogP contribution >= 0.6 is 0 Å². The molecular weight excluding hydrogens is 530 g/mol. The maximum atomic E-state index is 13.5. The molecule has 1 saturated heterocycles. The van der Waals surface area contributed by atoms with Crippen LogP contribution in [0.2, 0.25) is 0 Å². The van der Waals surface area contributed by atoms with Crippen molar-refractivity contribution in [2.45, 2.75) is 39.5 Å². The lowest BCUT2D eigenvalue weighted by molar-refractivity contribution is -0.132. The van der Waals surface area contributed by atoms with Gasteiger partial charge in [-0.05, 0) is 79.9 Å². The summed E-state index contributed by atoms with van der Waals surface area (Å²) in [4.78, 5) is 40.6. The highest BCUT2D eigenvalue weighted by molar-refractivity contribution is 6.51. The van der Waals surface area contributed by atoms with Crippen molar-refractivity contribution >= 4 is 29.1 Å². The Morgan fingerprint density at radius 3 is 2.10 bits per heavy atom. The van der Waals surface area contributed by atoms with Crippen LogP contribution in [-0.4, -0.2) is 28.9 Å². The predicted molar refractivity (Wildman–Crippen MR) is 160 cm³/mol. The van der Waals surface area contributed by atoms with Crippen LogP contribution in [0, 0.1) is 6.92 Å². The van der Waals surface area contributed by atoms with Gasteiger partial charge in [-0.3, -0.25) is 14.5 Å². The van der Waals surface area contributed by atoms with Gasteiger partial charge in [0.2, 0.25) is 0 Å². The van der Waals surface area contributed by atoms with Crippen molar-refractivity contribution in [1.29, 1.82) is 0 Å². The molecular formula is C35H31NO6. The first kappa shape index (κ1) is 28.4. The number of hydrogen-bond donors (Lipinski definition) is 1. The summed E-state index contributed by atoms with van der Waals surface area (Å²) in [5.74, 6) is -1.69. The highest BCUT2D eigenvalue weighted by atomic mass is 16.5. The second-order valence-electron chi connectivity index (χ2n) is 10.3. The van der Waals surface area contributed by atoms with E-state index in [1.807, 2.05) is 55.5 Å². The Hall–Kier alpha value is -5.17. The van der Waals surface area contributed by atoms with Crippen LogP contribution in [0.4, 0.5) is 5.69 Å². The zero-order chi connectivity index (χ0) is 29.8. The molecule has 1 unspecified atom stereocenters. The van der Waals surface area contributed by atoms with Crippen LogP contribution in [0.15, 0.2) is 109 Å². The van der Waals surface area contributed by atoms with Gasteiger partial charge < -0.3 is 14.6 Å². The lowest BCUT2D eigenvalue weighted by Gasteiger charge is -2.25. The van der Waals surface area contributed by atoms with Crippen molar-refractivity contribution in [1.82, 2.24) is 0 Å². The van der Waals surface area contributed by atoms with Crippen molar-refractivity contribution in [2.24, 2.45) is 0 Å². The summed E-state index contributed by atoms with van der Waals surface area (Å²) in [6, 6.07) is 29.4. The van der Waals surface area contributed by atoms with E-state index in [-0.39, 0.29) is 17.4 Å². The molecule has 0 spiro atoms. The molecule has 0 aliphatic carbocycles. The van der Waals surface area contributed by atoms with Gasteiger partial charge >= 0.3 is 5.97 Å². The summed E-state index contributed by atoms with van der Waals surface area (Å²) in [5, 5.41) is 11.5. The molecule has 7 heteroatoms. The average molecular weight is 562 g/mol. The number of anilines is 1. The van der Waals surface area contributed by atoms with E-state index < -0.39 is 23.7 Å². The Bertz CT molecular complexity index is 1640. The minimum atomic E-state index is -0.881. The van der Waals surface area contributed by atoms with Crippen LogP contribution in [0.5, 0.6) is 5.75 Å². The standard InChI is InChI=1S/C35H31NO6/c1-22(2)42-35(40)26-14-17-28(18-15-26)36-31(25-12-8-5-9-13-25)30(33(38)34(36)39)32(37)27-16-19-29(23(3)20-27)41-21-24-10-6-4-7-11-24/h4-20,22,31,37H,21H2,1-3H3/b32-30-. The Labute approximate surface area is 244 Å². The van der Waals surface area contributed by atoms with E-state index >= 15 is 0 Å². The van der Waals surface area contributed by atoms with Crippen LogP contribution < -0.4 is 9.64 Å². The van der Waals surface area contributed by atoms with Gasteiger partial charge in [0.05, 0.1) is 23.3 Å². The summed E-state index contributed by atoms with van der Waals surface area (Å²) >= 11 is 0. The number of carbonyl (C=O) groups is 3. The number of rotatable bonds is 8. The molecule has 5 rings (SSSR count). The van der Waals surface area contributed by atoms with E-state index in [1.165, 1.54) is 4.90 Å². The van der Waals surface area contributed by atoms with Gasteiger partial charge in [0.15, 0.2) is 0 Å². The van der Waals surface area contributed by atoms with E-state index in [0.717, 1.165) is 11.1 Å². The maximum Gasteiger partial charge on any atom is 0.338 e. The number of hydrogen-bond acceptors (Lipinski definition) is 6. The molecule has 1 atom stereocenters. The summed E-state index contributed by atoms with van der Waals surface area (Å²) in [6.45, 7) is 5.77. The molecule has 1 N–H and O–H groups in total. The number of esters is 1. The van der Waals surface area contributed by atoms with E-state index in [4.69, 9.17) is 9.47 Å². The van der Waals surface area contributed by atoms with Gasteiger partial charge in [0.25, 0.3) is 11.7 Å². The van der Waals surface area contributed by atoms with Gasteiger partial charge in [-0.1, -0.05) is 60.7 Å². The van der Waals surface area contributed by atoms with Crippen molar-refractivity contribution in [2.75, 3.05) is 4.90 Å². The second kappa shape index (κ2) is 12.1. The Morgan fingerprint density at radius 1 is 0.857 bits per heavy atom. The average Bonchev–Trinajstić information content (AvgIpc) is 3.26. The molecule has 4 aromatic carbocycles. The minimum absolute atomic E-state index is 0.0214. The fourth-order valence-corrected chi connectivity index (χ4v) is 4.94. The minimum Gasteiger partial charge on any atom is -0.507 e. The van der Waals surface area contributed by atoms with Gasteiger partial charge in [0.1, 0.15) is 18.1 Å². The maximum absolute atomic E-state index is 13.5. The van der Waals surface area contributed by atoms with Crippen molar-refractivity contribution in [3.63, 3.8) is 0 Å². The molecule has 1 aliphatic rings. The molecule has 1 fully saturated rings. The zero-order valence-electron chi connectivity index (χ0n) is 23.6. The molecule has 1 amide bonds. The monoisotopic (exact) mass is 561 g/mol. The van der Waals surface area contributed by atoms with Gasteiger partial charge in [-0.2, -0.15) is 0 Å². The second-order valence-corrected chi connectivity index (χ2v) is 10.3. The number of amides is 1. The van der Waals surface area contributed by atoms with Gasteiger partial charge in [-0.25, -0.2) is 4.79 Å². The molecule has 0 radical (unpaired) electrons. The summed E-state index contributed by atoms with van der Waals surface area (Å²) in [6.07, 6.45) is -0.277. The highest BCUT2D eigenvalue weighted by Crippen LogP contribution is 2.42. The van der Waals surface area contributed by atoms with Gasteiger partial charge in [0, 0.05) is 11.3 Å². The SMILES string of the molecule is Cc1cc(/C(O)=C2/C(=O)C(=O)N(c3ccc(C(=O)OC(C)C)cc3)C2c2ccccc2)ccc1OCc1ccccc1. The number of carbonyl (C=O) groups excluding carboxylic acids is 3.